The highest BCUT2D eigenvalue weighted by atomic mass is 31.2. The molecule has 0 fully saturated rings. The summed E-state index contributed by atoms with van der Waals surface area (Å²) >= 11 is 0. The Balaban J connectivity index is 1.75. The van der Waals surface area contributed by atoms with Crippen molar-refractivity contribution < 1.29 is 4.57 Å². The minimum atomic E-state index is -2.30. The maximum Gasteiger partial charge on any atom is 0.109 e. The van der Waals surface area contributed by atoms with Crippen LogP contribution in [-0.2, 0) is 4.57 Å². The lowest BCUT2D eigenvalue weighted by Crippen LogP contribution is -2.02. The summed E-state index contributed by atoms with van der Waals surface area (Å²) in [6.45, 7) is 3.65. The zero-order chi connectivity index (χ0) is 20.7. The van der Waals surface area contributed by atoms with E-state index in [4.69, 9.17) is 0 Å². The minimum Gasteiger partial charge on any atom is -0.319 e. The van der Waals surface area contributed by atoms with Gasteiger partial charge in [0.05, 0.1) is 0 Å². The van der Waals surface area contributed by atoms with Gasteiger partial charge < -0.3 is 4.57 Å². The van der Waals surface area contributed by atoms with Gasteiger partial charge in [0.1, 0.15) is 7.14 Å². The average molecular weight is 406 g/mol. The van der Waals surface area contributed by atoms with Crippen LogP contribution in [0.5, 0.6) is 0 Å². The van der Waals surface area contributed by atoms with Crippen LogP contribution in [-0.4, -0.2) is 13.3 Å². The summed E-state index contributed by atoms with van der Waals surface area (Å²) in [5.74, 6) is 0. The van der Waals surface area contributed by atoms with Crippen molar-refractivity contribution in [2.75, 3.05) is 13.3 Å². The van der Waals surface area contributed by atoms with E-state index >= 15 is 0 Å². The molecule has 5 aromatic carbocycles. The smallest absolute Gasteiger partial charge is 0.109 e. The molecule has 0 unspecified atom stereocenters. The van der Waals surface area contributed by atoms with Gasteiger partial charge in [0.15, 0.2) is 0 Å². The first-order chi connectivity index (χ1) is 14.5. The van der Waals surface area contributed by atoms with Gasteiger partial charge in [-0.15, -0.1) is 0 Å². The van der Waals surface area contributed by atoms with Crippen molar-refractivity contribution in [3.05, 3.63) is 103 Å². The highest BCUT2D eigenvalue weighted by molar-refractivity contribution is 7.70. The molecule has 0 aliphatic carbocycles. The third kappa shape index (κ3) is 3.36. The molecule has 0 radical (unpaired) electrons. The number of fused-ring (bicyclic) bond motifs is 2. The van der Waals surface area contributed by atoms with Crippen molar-refractivity contribution in [3.8, 4) is 22.3 Å². The summed E-state index contributed by atoms with van der Waals surface area (Å²) in [6, 6.07) is 36.3. The van der Waals surface area contributed by atoms with E-state index < -0.39 is 7.14 Å². The Morgan fingerprint density at radius 1 is 0.533 bits per heavy atom. The van der Waals surface area contributed by atoms with E-state index in [0.717, 1.165) is 16.4 Å². The van der Waals surface area contributed by atoms with Crippen molar-refractivity contribution in [1.29, 1.82) is 0 Å². The lowest BCUT2D eigenvalue weighted by atomic mass is 9.90. The maximum atomic E-state index is 12.6. The van der Waals surface area contributed by atoms with Crippen LogP contribution in [0.15, 0.2) is 103 Å². The second-order valence-electron chi connectivity index (χ2n) is 8.18. The molecule has 0 atom stereocenters. The first-order valence-electron chi connectivity index (χ1n) is 10.2. The number of hydrogen-bond acceptors (Lipinski definition) is 1. The molecule has 0 N–H and O–H groups in total. The molecule has 30 heavy (non-hydrogen) atoms. The summed E-state index contributed by atoms with van der Waals surface area (Å²) in [7, 11) is -2.30. The summed E-state index contributed by atoms with van der Waals surface area (Å²) in [5.41, 5.74) is 4.70. The predicted octanol–water partition coefficient (Wildman–Crippen LogP) is 7.58. The summed E-state index contributed by atoms with van der Waals surface area (Å²) < 4.78 is 12.6. The number of benzene rings is 5. The van der Waals surface area contributed by atoms with E-state index in [1.165, 1.54) is 32.7 Å². The Hall–Kier alpha value is -3.15. The summed E-state index contributed by atoms with van der Waals surface area (Å²) in [5, 5.41) is 5.93. The Labute approximate surface area is 177 Å². The first-order valence-corrected chi connectivity index (χ1v) is 12.8. The normalized spacial score (nSPS) is 11.8. The summed E-state index contributed by atoms with van der Waals surface area (Å²) in [4.78, 5) is 0. The van der Waals surface area contributed by atoms with E-state index in [9.17, 15) is 4.57 Å². The van der Waals surface area contributed by atoms with Gasteiger partial charge in [-0.3, -0.25) is 0 Å². The fourth-order valence-corrected chi connectivity index (χ4v) is 5.09. The monoisotopic (exact) mass is 406 g/mol. The molecule has 0 aliphatic rings. The van der Waals surface area contributed by atoms with E-state index in [1.54, 1.807) is 0 Å². The van der Waals surface area contributed by atoms with Crippen LogP contribution in [0.4, 0.5) is 0 Å². The van der Waals surface area contributed by atoms with E-state index in [1.807, 2.05) is 25.5 Å². The van der Waals surface area contributed by atoms with Crippen LogP contribution in [0, 0.1) is 0 Å². The van der Waals surface area contributed by atoms with Crippen LogP contribution in [0.3, 0.4) is 0 Å². The van der Waals surface area contributed by atoms with Gasteiger partial charge in [-0.05, 0) is 75.3 Å². The zero-order valence-corrected chi connectivity index (χ0v) is 18.1. The van der Waals surface area contributed by atoms with Crippen molar-refractivity contribution >= 4 is 34.0 Å². The fraction of sp³-hybridized carbons (Fsp3) is 0.0714. The van der Waals surface area contributed by atoms with Crippen molar-refractivity contribution in [3.63, 3.8) is 0 Å². The highest BCUT2D eigenvalue weighted by Crippen LogP contribution is 2.39. The Bertz CT molecular complexity index is 1390. The van der Waals surface area contributed by atoms with Crippen LogP contribution >= 0.6 is 7.14 Å². The fourth-order valence-electron chi connectivity index (χ4n) is 4.20. The SMILES string of the molecule is CP(C)(=O)c1cccc(-c2cccc(-c3c4ccccc4cc4ccccc34)c2)c1. The van der Waals surface area contributed by atoms with Crippen molar-refractivity contribution in [1.82, 2.24) is 0 Å². The van der Waals surface area contributed by atoms with E-state index in [2.05, 4.69) is 91.0 Å². The van der Waals surface area contributed by atoms with Crippen LogP contribution < -0.4 is 5.30 Å². The third-order valence-corrected chi connectivity index (χ3v) is 7.25. The van der Waals surface area contributed by atoms with Crippen LogP contribution in [0.1, 0.15) is 0 Å². The van der Waals surface area contributed by atoms with Gasteiger partial charge in [-0.1, -0.05) is 84.9 Å². The minimum absolute atomic E-state index is 0.918. The van der Waals surface area contributed by atoms with Gasteiger partial charge in [-0.2, -0.15) is 0 Å². The lowest BCUT2D eigenvalue weighted by Gasteiger charge is -2.14. The largest absolute Gasteiger partial charge is 0.319 e. The molecule has 0 aromatic heterocycles. The highest BCUT2D eigenvalue weighted by Gasteiger charge is 2.13. The van der Waals surface area contributed by atoms with Crippen LogP contribution in [0.25, 0.3) is 43.8 Å². The molecule has 0 bridgehead atoms. The van der Waals surface area contributed by atoms with E-state index in [0.29, 0.717) is 0 Å². The van der Waals surface area contributed by atoms with Crippen molar-refractivity contribution in [2.24, 2.45) is 0 Å². The molecule has 0 heterocycles. The van der Waals surface area contributed by atoms with Crippen molar-refractivity contribution in [2.45, 2.75) is 0 Å². The third-order valence-electron chi connectivity index (χ3n) is 5.72. The van der Waals surface area contributed by atoms with Crippen LogP contribution in [0.2, 0.25) is 0 Å². The predicted molar refractivity (Wildman–Crippen MR) is 131 cm³/mol. The average Bonchev–Trinajstić information content (AvgIpc) is 2.77. The van der Waals surface area contributed by atoms with E-state index in [-0.39, 0.29) is 0 Å². The quantitative estimate of drug-likeness (QED) is 0.223. The lowest BCUT2D eigenvalue weighted by molar-refractivity contribution is 0.588. The maximum absolute atomic E-state index is 12.6. The molecule has 1 nitrogen and oxygen atoms in total. The van der Waals surface area contributed by atoms with Gasteiger partial charge in [0.25, 0.3) is 0 Å². The molecule has 0 aliphatic heterocycles. The van der Waals surface area contributed by atoms with Gasteiger partial charge in [0.2, 0.25) is 0 Å². The molecular weight excluding hydrogens is 383 g/mol. The second kappa shape index (κ2) is 7.27. The first kappa shape index (κ1) is 18.9. The van der Waals surface area contributed by atoms with Gasteiger partial charge >= 0.3 is 0 Å². The molecule has 5 rings (SSSR count). The molecule has 0 saturated carbocycles. The number of rotatable bonds is 3. The molecule has 146 valence electrons. The number of hydrogen-bond donors (Lipinski definition) is 0. The molecule has 2 heteroatoms. The second-order valence-corrected chi connectivity index (χ2v) is 11.4. The Morgan fingerprint density at radius 2 is 1.07 bits per heavy atom. The van der Waals surface area contributed by atoms with Gasteiger partial charge in [-0.25, -0.2) is 0 Å². The summed E-state index contributed by atoms with van der Waals surface area (Å²) in [6.07, 6.45) is 0. The molecule has 0 amide bonds. The molecule has 0 saturated heterocycles. The molecule has 0 spiro atoms. The zero-order valence-electron chi connectivity index (χ0n) is 17.2. The molecular formula is C28H23OP. The Kier molecular flexibility index (Phi) is 4.57. The Morgan fingerprint density at radius 3 is 1.70 bits per heavy atom. The molecule has 5 aromatic rings. The standard InChI is InChI=1S/C28H23OP/c1-30(2,29)25-14-8-12-21(19-25)20-11-7-13-24(17-20)28-26-15-5-3-9-22(26)18-23-10-4-6-16-27(23)28/h3-19H,1-2H3. The topological polar surface area (TPSA) is 17.1 Å². The van der Waals surface area contributed by atoms with Gasteiger partial charge in [0, 0.05) is 5.30 Å².